The van der Waals surface area contributed by atoms with Gasteiger partial charge in [-0.1, -0.05) is 121 Å². The number of rotatable bonds is 16. The molecule has 2 aromatic rings. The molecule has 0 heterocycles. The molecule has 1 aliphatic rings. The lowest BCUT2D eigenvalue weighted by Crippen LogP contribution is -2.32. The summed E-state index contributed by atoms with van der Waals surface area (Å²) in [4.78, 5) is 54.1. The molecule has 2 aromatic carbocycles. The van der Waals surface area contributed by atoms with Crippen molar-refractivity contribution in [1.82, 2.24) is 10.6 Å². The van der Waals surface area contributed by atoms with Gasteiger partial charge in [0.15, 0.2) is 0 Å². The Morgan fingerprint density at radius 3 is 1.71 bits per heavy atom. The van der Waals surface area contributed by atoms with E-state index < -0.39 is 24.2 Å². The van der Waals surface area contributed by atoms with Crippen LogP contribution in [0.5, 0.6) is 0 Å². The number of carbonyl (C=O) groups is 5. The van der Waals surface area contributed by atoms with Crippen LogP contribution < -0.4 is 10.6 Å². The van der Waals surface area contributed by atoms with E-state index >= 15 is 0 Å². The molecule has 52 heavy (non-hydrogen) atoms. The molecule has 0 spiro atoms. The van der Waals surface area contributed by atoms with E-state index in [9.17, 15) is 34.2 Å². The van der Waals surface area contributed by atoms with E-state index in [-0.39, 0.29) is 31.6 Å². The number of Topliss-reactive ketones (excluding diaryl/α,β-unsaturated/α-hetero) is 2. The first-order valence-corrected chi connectivity index (χ1v) is 18.7. The molecule has 0 aliphatic heterocycles. The second-order valence-corrected chi connectivity index (χ2v) is 12.7. The molecule has 0 radical (unpaired) electrons. The Labute approximate surface area is 311 Å². The zero-order valence-electron chi connectivity index (χ0n) is 32.2. The lowest BCUT2D eigenvalue weighted by atomic mass is 9.77. The van der Waals surface area contributed by atoms with Crippen LogP contribution in [-0.2, 0) is 37.1 Å². The lowest BCUT2D eigenvalue weighted by molar-refractivity contribution is -0.125. The van der Waals surface area contributed by atoms with E-state index in [1.807, 2.05) is 74.5 Å². The van der Waals surface area contributed by atoms with Crippen LogP contribution in [0.3, 0.4) is 0 Å². The van der Waals surface area contributed by atoms with E-state index in [4.69, 9.17) is 9.47 Å². The van der Waals surface area contributed by atoms with Crippen LogP contribution >= 0.6 is 0 Å². The maximum atomic E-state index is 11.5. The molecule has 1 saturated carbocycles. The van der Waals surface area contributed by atoms with E-state index in [1.165, 1.54) is 19.3 Å². The fraction of sp³-hybridized carbons (Fsp3) is 0.585. The van der Waals surface area contributed by atoms with Crippen LogP contribution in [0.1, 0.15) is 110 Å². The molecule has 1 fully saturated rings. The van der Waals surface area contributed by atoms with E-state index in [2.05, 4.69) is 24.5 Å². The first kappa shape index (κ1) is 47.9. The predicted octanol–water partition coefficient (Wildman–Crippen LogP) is 7.35. The maximum absolute atomic E-state index is 11.5. The predicted molar refractivity (Wildman–Crippen MR) is 203 cm³/mol. The summed E-state index contributed by atoms with van der Waals surface area (Å²) in [6.07, 6.45) is 6.20. The highest BCUT2D eigenvalue weighted by Crippen LogP contribution is 2.31. The van der Waals surface area contributed by atoms with E-state index in [1.54, 1.807) is 13.8 Å². The van der Waals surface area contributed by atoms with Gasteiger partial charge >= 0.3 is 12.2 Å². The van der Waals surface area contributed by atoms with Crippen molar-refractivity contribution < 1.29 is 43.7 Å². The average Bonchev–Trinajstić information content (AvgIpc) is 3.18. The fourth-order valence-corrected chi connectivity index (χ4v) is 5.15. The Balaban J connectivity index is 0.000000729. The number of amides is 2. The second kappa shape index (κ2) is 30.5. The summed E-state index contributed by atoms with van der Waals surface area (Å²) in [6.45, 7) is 12.7. The smallest absolute Gasteiger partial charge is 0.407 e. The van der Waals surface area contributed by atoms with Crippen LogP contribution in [0.25, 0.3) is 0 Å². The quantitative estimate of drug-likeness (QED) is 0.102. The molecule has 0 saturated heterocycles. The molecule has 1 aliphatic carbocycles. The monoisotopic (exact) mass is 728 g/mol. The first-order valence-electron chi connectivity index (χ1n) is 18.7. The summed E-state index contributed by atoms with van der Waals surface area (Å²) in [7, 11) is 0. The van der Waals surface area contributed by atoms with Crippen molar-refractivity contribution >= 4 is 30.0 Å². The number of ether oxygens (including phenoxy) is 2. The van der Waals surface area contributed by atoms with Gasteiger partial charge in [-0.3, -0.25) is 9.59 Å². The summed E-state index contributed by atoms with van der Waals surface area (Å²) < 4.78 is 9.95. The summed E-state index contributed by atoms with van der Waals surface area (Å²) in [5.74, 6) is 1.28. The summed E-state index contributed by atoms with van der Waals surface area (Å²) in [6, 6.07) is 18.8. The van der Waals surface area contributed by atoms with Gasteiger partial charge in [-0.25, -0.2) is 9.59 Å². The number of benzene rings is 2. The standard InChI is InChI=1S/C16H23NO4.C11H13NO3.C9H18O.C5H10O/c1-3-14(18)12(2)15(19)9-10-17-16(20)21-11-13-7-5-4-6-8-13;13-8-4-7-12-11(14)15-9-10-5-2-1-3-6-10;1-3-8-5-4-6-9(10)7(8)2;1-3-5(6)4-2/h4-8,12,15,19H,3,9-11H2,1-2H3,(H,17,20);1-3,5-6,8H,4,7,9H2,(H,12,14);7-10H,3-6H2,1-2H3;3-4H2,1-2H3/t12-,15-;;7-,8+,9-;/m1.1./s1. The van der Waals surface area contributed by atoms with Crippen molar-refractivity contribution in [3.8, 4) is 0 Å². The number of hydrogen-bond acceptors (Lipinski definition) is 9. The largest absolute Gasteiger partial charge is 0.445 e. The third-order valence-electron chi connectivity index (χ3n) is 8.84. The van der Waals surface area contributed by atoms with Crippen molar-refractivity contribution in [2.75, 3.05) is 13.1 Å². The highest BCUT2D eigenvalue weighted by atomic mass is 16.6. The summed E-state index contributed by atoms with van der Waals surface area (Å²) in [5, 5.41) is 24.3. The molecule has 11 nitrogen and oxygen atoms in total. The highest BCUT2D eigenvalue weighted by Gasteiger charge is 2.26. The average molecular weight is 729 g/mol. The molecule has 0 aromatic heterocycles. The maximum Gasteiger partial charge on any atom is 0.407 e. The van der Waals surface area contributed by atoms with Crippen LogP contribution in [0.2, 0.25) is 0 Å². The molecular formula is C41H64N2O9. The van der Waals surface area contributed by atoms with Crippen LogP contribution in [0.15, 0.2) is 60.7 Å². The number of alkyl carbamates (subject to hydrolysis) is 2. The van der Waals surface area contributed by atoms with Gasteiger partial charge in [0, 0.05) is 44.7 Å². The van der Waals surface area contributed by atoms with Crippen LogP contribution in [0, 0.1) is 17.8 Å². The Hall–Kier alpha value is -4.09. The number of ketones is 2. The van der Waals surface area contributed by atoms with Crippen LogP contribution in [0.4, 0.5) is 9.59 Å². The Morgan fingerprint density at radius 2 is 1.31 bits per heavy atom. The number of aldehydes is 1. The Kier molecular flexibility index (Phi) is 28.1. The van der Waals surface area contributed by atoms with Crippen molar-refractivity contribution in [2.45, 2.75) is 125 Å². The molecular weight excluding hydrogens is 664 g/mol. The normalized spacial score (nSPS) is 17.0. The van der Waals surface area contributed by atoms with E-state index in [0.717, 1.165) is 29.8 Å². The van der Waals surface area contributed by atoms with Gasteiger partial charge in [0.2, 0.25) is 0 Å². The Morgan fingerprint density at radius 1 is 0.808 bits per heavy atom. The minimum Gasteiger partial charge on any atom is -0.445 e. The third kappa shape index (κ3) is 23.4. The van der Waals surface area contributed by atoms with Crippen molar-refractivity contribution in [1.29, 1.82) is 0 Å². The van der Waals surface area contributed by atoms with Gasteiger partial charge in [0.1, 0.15) is 31.1 Å². The van der Waals surface area contributed by atoms with Gasteiger partial charge in [-0.15, -0.1) is 0 Å². The minimum atomic E-state index is -0.744. The molecule has 5 atom stereocenters. The van der Waals surface area contributed by atoms with Crippen molar-refractivity contribution in [2.24, 2.45) is 17.8 Å². The molecule has 292 valence electrons. The lowest BCUT2D eigenvalue weighted by Gasteiger charge is -2.32. The van der Waals surface area contributed by atoms with Crippen molar-refractivity contribution in [3.63, 3.8) is 0 Å². The topological polar surface area (TPSA) is 168 Å². The third-order valence-corrected chi connectivity index (χ3v) is 8.84. The molecule has 11 heteroatoms. The Bertz CT molecular complexity index is 1240. The fourth-order valence-electron chi connectivity index (χ4n) is 5.15. The van der Waals surface area contributed by atoms with Gasteiger partial charge in [-0.05, 0) is 35.8 Å². The van der Waals surface area contributed by atoms with Crippen LogP contribution in [-0.4, -0.2) is 65.5 Å². The summed E-state index contributed by atoms with van der Waals surface area (Å²) in [5.41, 5.74) is 1.85. The highest BCUT2D eigenvalue weighted by molar-refractivity contribution is 5.80. The van der Waals surface area contributed by atoms with Gasteiger partial charge in [0.05, 0.1) is 12.2 Å². The molecule has 0 unspecified atom stereocenters. The van der Waals surface area contributed by atoms with Gasteiger partial charge in [0.25, 0.3) is 0 Å². The first-order chi connectivity index (χ1) is 24.9. The zero-order chi connectivity index (χ0) is 39.1. The minimum absolute atomic E-state index is 0.0151. The number of carbonyl (C=O) groups excluding carboxylic acids is 5. The number of nitrogens with one attached hydrogen (secondary N) is 2. The molecule has 2 amide bonds. The summed E-state index contributed by atoms with van der Waals surface area (Å²) >= 11 is 0. The molecule has 4 N–H and O–H groups in total. The van der Waals surface area contributed by atoms with Crippen molar-refractivity contribution in [3.05, 3.63) is 71.8 Å². The van der Waals surface area contributed by atoms with Gasteiger partial charge < -0.3 is 35.1 Å². The number of hydrogen-bond donors (Lipinski definition) is 4. The second-order valence-electron chi connectivity index (χ2n) is 12.7. The zero-order valence-corrected chi connectivity index (χ0v) is 32.2. The molecule has 3 rings (SSSR count). The number of aliphatic hydroxyl groups is 2. The van der Waals surface area contributed by atoms with E-state index in [0.29, 0.717) is 50.4 Å². The number of aliphatic hydroxyl groups excluding tert-OH is 2. The SMILES string of the molecule is CCC(=O)CC.CCC(=O)[C@@H](C)[C@H](O)CCNC(=O)OCc1ccccc1.CC[C@H]1CCC[C@@H](O)[C@@H]1C.O=CCCNC(=O)OCc1ccccc1. The van der Waals surface area contributed by atoms with Gasteiger partial charge in [-0.2, -0.15) is 0 Å². The molecule has 0 bridgehead atoms.